The third-order valence-corrected chi connectivity index (χ3v) is 8.27. The van der Waals surface area contributed by atoms with Crippen LogP contribution in [0.25, 0.3) is 0 Å². The van der Waals surface area contributed by atoms with E-state index in [9.17, 15) is 14.0 Å². The zero-order valence-corrected chi connectivity index (χ0v) is 21.8. The average Bonchev–Trinajstić information content (AvgIpc) is 2.92. The second-order valence-electron chi connectivity index (χ2n) is 9.77. The van der Waals surface area contributed by atoms with Crippen molar-refractivity contribution >= 4 is 35.0 Å². The summed E-state index contributed by atoms with van der Waals surface area (Å²) >= 11 is 11.9. The number of benzene rings is 3. The van der Waals surface area contributed by atoms with Crippen molar-refractivity contribution in [1.29, 1.82) is 0 Å². The predicted molar refractivity (Wildman–Crippen MR) is 142 cm³/mol. The summed E-state index contributed by atoms with van der Waals surface area (Å²) in [4.78, 5) is 29.6. The third-order valence-electron chi connectivity index (χ3n) is 7.54. The van der Waals surface area contributed by atoms with Crippen LogP contribution in [0.5, 0.6) is 11.5 Å². The van der Waals surface area contributed by atoms with Crippen LogP contribution in [0.15, 0.2) is 66.7 Å². The van der Waals surface area contributed by atoms with Gasteiger partial charge < -0.3 is 14.5 Å². The lowest BCUT2D eigenvalue weighted by atomic mass is 9.71. The molecule has 2 aliphatic heterocycles. The number of hydrogen-bond donors (Lipinski definition) is 0. The number of ether oxygens (including phenoxy) is 1. The minimum Gasteiger partial charge on any atom is -0.457 e. The average molecular weight is 541 g/mol. The van der Waals surface area contributed by atoms with Gasteiger partial charge in [-0.25, -0.2) is 4.39 Å². The Labute approximate surface area is 225 Å². The van der Waals surface area contributed by atoms with Crippen molar-refractivity contribution in [3.8, 4) is 11.5 Å². The van der Waals surface area contributed by atoms with Gasteiger partial charge in [0.1, 0.15) is 17.3 Å². The molecule has 2 amide bonds. The van der Waals surface area contributed by atoms with Crippen molar-refractivity contribution in [3.05, 3.63) is 93.7 Å². The standard InChI is InChI=1S/C29H27Cl2FN2O3/c30-24-18-23(26(32)19-25(24)31)28(36)34-16-12-29(13-17-34)10-14-33(15-11-29)27(35)20-6-8-22(9-7-20)37-21-4-2-1-3-5-21/h1-9,18-19H,10-17H2. The summed E-state index contributed by atoms with van der Waals surface area (Å²) in [6.45, 7) is 2.46. The minimum atomic E-state index is -0.661. The van der Waals surface area contributed by atoms with Gasteiger partial charge in [0.25, 0.3) is 11.8 Å². The normalized spacial score (nSPS) is 17.1. The van der Waals surface area contributed by atoms with E-state index in [4.69, 9.17) is 27.9 Å². The van der Waals surface area contributed by atoms with Gasteiger partial charge in [0.05, 0.1) is 15.6 Å². The Morgan fingerprint density at radius 3 is 1.84 bits per heavy atom. The van der Waals surface area contributed by atoms with Gasteiger partial charge in [0.15, 0.2) is 0 Å². The van der Waals surface area contributed by atoms with E-state index in [1.165, 1.54) is 6.07 Å². The number of rotatable bonds is 4. The molecular formula is C29H27Cl2FN2O3. The maximum atomic E-state index is 14.3. The summed E-state index contributed by atoms with van der Waals surface area (Å²) in [7, 11) is 0. The lowest BCUT2D eigenvalue weighted by molar-refractivity contribution is 0.0279. The molecule has 5 nitrogen and oxygen atoms in total. The largest absolute Gasteiger partial charge is 0.457 e. The van der Waals surface area contributed by atoms with Crippen LogP contribution in [0.1, 0.15) is 46.4 Å². The number of piperidine rings is 2. The number of halogens is 3. The molecule has 0 radical (unpaired) electrons. The van der Waals surface area contributed by atoms with Gasteiger partial charge in [-0.05, 0) is 79.6 Å². The first-order chi connectivity index (χ1) is 17.8. The first-order valence-corrected chi connectivity index (χ1v) is 13.2. The Hall–Kier alpha value is -3.09. The fourth-order valence-corrected chi connectivity index (χ4v) is 5.51. The van der Waals surface area contributed by atoms with Gasteiger partial charge >= 0.3 is 0 Å². The molecule has 2 saturated heterocycles. The Kier molecular flexibility index (Phi) is 7.40. The van der Waals surface area contributed by atoms with Gasteiger partial charge in [-0.15, -0.1) is 0 Å². The highest BCUT2D eigenvalue weighted by Gasteiger charge is 2.40. The molecule has 0 bridgehead atoms. The van der Waals surface area contributed by atoms with Crippen molar-refractivity contribution < 1.29 is 18.7 Å². The van der Waals surface area contributed by atoms with E-state index in [1.807, 2.05) is 47.4 Å². The maximum absolute atomic E-state index is 14.3. The van der Waals surface area contributed by atoms with Crippen molar-refractivity contribution in [3.63, 3.8) is 0 Å². The summed E-state index contributed by atoms with van der Waals surface area (Å²) in [5.74, 6) is 0.424. The smallest absolute Gasteiger partial charge is 0.256 e. The van der Waals surface area contributed by atoms with Crippen LogP contribution < -0.4 is 4.74 Å². The van der Waals surface area contributed by atoms with E-state index in [1.54, 1.807) is 17.0 Å². The Morgan fingerprint density at radius 1 is 0.730 bits per heavy atom. The molecule has 8 heteroatoms. The number of nitrogens with zero attached hydrogens (tertiary/aromatic N) is 2. The molecule has 0 N–H and O–H groups in total. The second-order valence-corrected chi connectivity index (χ2v) is 10.6. The summed E-state index contributed by atoms with van der Waals surface area (Å²) < 4.78 is 20.1. The summed E-state index contributed by atoms with van der Waals surface area (Å²) in [6, 6.07) is 19.1. The molecule has 2 heterocycles. The van der Waals surface area contributed by atoms with E-state index in [2.05, 4.69) is 0 Å². The van der Waals surface area contributed by atoms with Crippen LogP contribution in [0.3, 0.4) is 0 Å². The number of para-hydroxylation sites is 1. The quantitative estimate of drug-likeness (QED) is 0.332. The van der Waals surface area contributed by atoms with Crippen molar-refractivity contribution in [1.82, 2.24) is 9.80 Å². The zero-order valence-electron chi connectivity index (χ0n) is 20.3. The molecule has 0 aromatic heterocycles. The Balaban J connectivity index is 1.14. The first-order valence-electron chi connectivity index (χ1n) is 12.4. The van der Waals surface area contributed by atoms with Crippen molar-refractivity contribution in [2.24, 2.45) is 5.41 Å². The van der Waals surface area contributed by atoms with Crippen LogP contribution in [-0.4, -0.2) is 47.8 Å². The van der Waals surface area contributed by atoms with Crippen LogP contribution >= 0.6 is 23.2 Å². The molecule has 3 aromatic rings. The molecule has 192 valence electrons. The summed E-state index contributed by atoms with van der Waals surface area (Å²) in [5.41, 5.74) is 0.684. The molecule has 0 atom stereocenters. The molecule has 5 rings (SSSR count). The molecule has 0 unspecified atom stereocenters. The Bertz CT molecular complexity index is 1280. The van der Waals surface area contributed by atoms with Gasteiger partial charge in [-0.2, -0.15) is 0 Å². The van der Waals surface area contributed by atoms with E-state index in [-0.39, 0.29) is 32.8 Å². The van der Waals surface area contributed by atoms with Crippen molar-refractivity contribution in [2.45, 2.75) is 25.7 Å². The highest BCUT2D eigenvalue weighted by molar-refractivity contribution is 6.42. The predicted octanol–water partition coefficient (Wildman–Crippen LogP) is 7.08. The highest BCUT2D eigenvalue weighted by Crippen LogP contribution is 2.42. The van der Waals surface area contributed by atoms with Gasteiger partial charge in [0, 0.05) is 31.7 Å². The maximum Gasteiger partial charge on any atom is 0.256 e. The summed E-state index contributed by atoms with van der Waals surface area (Å²) in [6.07, 6.45) is 3.43. The molecule has 0 saturated carbocycles. The van der Waals surface area contributed by atoms with Crippen molar-refractivity contribution in [2.75, 3.05) is 26.2 Å². The second kappa shape index (κ2) is 10.7. The van der Waals surface area contributed by atoms with E-state index >= 15 is 0 Å². The molecule has 2 fully saturated rings. The molecule has 1 spiro atoms. The number of carbonyl (C=O) groups excluding carboxylic acids is 2. The SMILES string of the molecule is O=C(c1ccc(Oc2ccccc2)cc1)N1CCC2(CC1)CCN(C(=O)c1cc(Cl)c(Cl)cc1F)CC2. The topological polar surface area (TPSA) is 49.9 Å². The number of amides is 2. The zero-order chi connectivity index (χ0) is 26.0. The highest BCUT2D eigenvalue weighted by atomic mass is 35.5. The van der Waals surface area contributed by atoms with Crippen LogP contribution in [0.2, 0.25) is 10.0 Å². The fraction of sp³-hybridized carbons (Fsp3) is 0.310. The molecule has 2 aliphatic rings. The lowest BCUT2D eigenvalue weighted by Gasteiger charge is -2.47. The molecule has 37 heavy (non-hydrogen) atoms. The van der Waals surface area contributed by atoms with Crippen LogP contribution in [-0.2, 0) is 0 Å². The number of likely N-dealkylation sites (tertiary alicyclic amines) is 2. The van der Waals surface area contributed by atoms with Crippen LogP contribution in [0, 0.1) is 11.2 Å². The lowest BCUT2D eigenvalue weighted by Crippen LogP contribution is -2.49. The monoisotopic (exact) mass is 540 g/mol. The van der Waals surface area contributed by atoms with E-state index in [0.29, 0.717) is 37.5 Å². The molecule has 0 aliphatic carbocycles. The van der Waals surface area contributed by atoms with E-state index in [0.717, 1.165) is 37.5 Å². The minimum absolute atomic E-state index is 0.0174. The van der Waals surface area contributed by atoms with Gasteiger partial charge in [0.2, 0.25) is 0 Å². The molecular weight excluding hydrogens is 514 g/mol. The Morgan fingerprint density at radius 2 is 1.24 bits per heavy atom. The van der Waals surface area contributed by atoms with Crippen LogP contribution in [0.4, 0.5) is 4.39 Å². The fourth-order valence-electron chi connectivity index (χ4n) is 5.20. The van der Waals surface area contributed by atoms with Gasteiger partial charge in [-0.3, -0.25) is 9.59 Å². The first kappa shape index (κ1) is 25.6. The number of carbonyl (C=O) groups is 2. The molecule has 3 aromatic carbocycles. The van der Waals surface area contributed by atoms with E-state index < -0.39 is 5.82 Å². The summed E-state index contributed by atoms with van der Waals surface area (Å²) in [5, 5.41) is 0.251. The third kappa shape index (κ3) is 5.60. The van der Waals surface area contributed by atoms with Gasteiger partial charge in [-0.1, -0.05) is 41.4 Å². The number of hydrogen-bond acceptors (Lipinski definition) is 3.